The molecule has 3 heteroatoms. The second-order valence-electron chi connectivity index (χ2n) is 4.91. The number of fused-ring (bicyclic) bond motifs is 1. The highest BCUT2D eigenvalue weighted by molar-refractivity contribution is 7.46. The van der Waals surface area contributed by atoms with E-state index in [-0.39, 0.29) is 5.41 Å². The van der Waals surface area contributed by atoms with Crippen molar-refractivity contribution in [2.75, 3.05) is 6.66 Å². The molecule has 0 aliphatic carbocycles. The molecular formula is C13H17N2P. The van der Waals surface area contributed by atoms with E-state index in [0.717, 1.165) is 22.2 Å². The molecule has 1 unspecified atom stereocenters. The lowest BCUT2D eigenvalue weighted by molar-refractivity contribution is 0.574. The van der Waals surface area contributed by atoms with E-state index in [9.17, 15) is 0 Å². The fourth-order valence-corrected chi connectivity index (χ4v) is 2.60. The van der Waals surface area contributed by atoms with Crippen molar-refractivity contribution in [1.82, 2.24) is 9.97 Å². The average molecular weight is 232 g/mol. The molecule has 0 amide bonds. The van der Waals surface area contributed by atoms with Gasteiger partial charge in [0.1, 0.15) is 0 Å². The molecule has 2 rings (SSSR count). The summed E-state index contributed by atoms with van der Waals surface area (Å²) in [6.07, 6.45) is 0. The summed E-state index contributed by atoms with van der Waals surface area (Å²) in [5.74, 6) is 0. The molecule has 0 radical (unpaired) electrons. The number of para-hydroxylation sites is 2. The van der Waals surface area contributed by atoms with Gasteiger partial charge in [-0.1, -0.05) is 41.5 Å². The van der Waals surface area contributed by atoms with E-state index in [4.69, 9.17) is 9.97 Å². The first-order chi connectivity index (χ1) is 7.52. The molecule has 16 heavy (non-hydrogen) atoms. The van der Waals surface area contributed by atoms with Crippen LogP contribution in [0, 0.1) is 0 Å². The van der Waals surface area contributed by atoms with Gasteiger partial charge in [0.05, 0.1) is 22.2 Å². The van der Waals surface area contributed by atoms with Gasteiger partial charge in [0.25, 0.3) is 0 Å². The molecule has 0 N–H and O–H groups in total. The molecule has 1 heterocycles. The van der Waals surface area contributed by atoms with Crippen molar-refractivity contribution in [2.24, 2.45) is 0 Å². The highest BCUT2D eigenvalue weighted by Gasteiger charge is 2.20. The summed E-state index contributed by atoms with van der Waals surface area (Å²) in [5.41, 5.74) is 4.34. The van der Waals surface area contributed by atoms with Crippen molar-refractivity contribution < 1.29 is 0 Å². The van der Waals surface area contributed by atoms with Crippen LogP contribution in [0.15, 0.2) is 24.3 Å². The van der Waals surface area contributed by atoms with Crippen LogP contribution in [-0.2, 0) is 5.41 Å². The van der Waals surface area contributed by atoms with E-state index in [1.54, 1.807) is 0 Å². The molecule has 0 aliphatic rings. The summed E-state index contributed by atoms with van der Waals surface area (Å²) in [7, 11) is 0.692. The molecule has 0 spiro atoms. The van der Waals surface area contributed by atoms with Crippen LogP contribution in [0.2, 0.25) is 0 Å². The van der Waals surface area contributed by atoms with Crippen molar-refractivity contribution in [3.05, 3.63) is 30.0 Å². The van der Waals surface area contributed by atoms with E-state index in [2.05, 4.69) is 27.4 Å². The van der Waals surface area contributed by atoms with Crippen LogP contribution >= 0.6 is 8.58 Å². The van der Waals surface area contributed by atoms with Gasteiger partial charge in [-0.2, -0.15) is 0 Å². The zero-order valence-corrected chi connectivity index (χ0v) is 11.2. The minimum absolute atomic E-state index is 0.0649. The zero-order valence-electron chi connectivity index (χ0n) is 10.2. The lowest BCUT2D eigenvalue weighted by atomic mass is 9.92. The standard InChI is InChI=1S/C13H17N2P/c1-13(2,3)11-12(16-4)15-10-8-6-5-7-9(10)14-11/h5-8,16H,1-4H3. The maximum atomic E-state index is 4.76. The topological polar surface area (TPSA) is 25.8 Å². The third-order valence-corrected chi connectivity index (χ3v) is 3.34. The first-order valence-electron chi connectivity index (χ1n) is 5.47. The van der Waals surface area contributed by atoms with Crippen LogP contribution in [0.5, 0.6) is 0 Å². The lowest BCUT2D eigenvalue weighted by Gasteiger charge is -2.20. The van der Waals surface area contributed by atoms with E-state index in [0.29, 0.717) is 8.58 Å². The average Bonchev–Trinajstić information content (AvgIpc) is 2.26. The minimum Gasteiger partial charge on any atom is -0.248 e. The molecule has 1 atom stereocenters. The smallest absolute Gasteiger partial charge is 0.0894 e. The third kappa shape index (κ3) is 2.08. The fraction of sp³-hybridized carbons (Fsp3) is 0.385. The Morgan fingerprint density at radius 1 is 1.00 bits per heavy atom. The van der Waals surface area contributed by atoms with Gasteiger partial charge >= 0.3 is 0 Å². The molecule has 0 aliphatic heterocycles. The Balaban J connectivity index is 2.73. The number of benzene rings is 1. The number of aromatic nitrogens is 2. The summed E-state index contributed by atoms with van der Waals surface area (Å²) < 4.78 is 0. The highest BCUT2D eigenvalue weighted by Crippen LogP contribution is 2.23. The molecule has 1 aromatic carbocycles. The van der Waals surface area contributed by atoms with E-state index in [1.807, 2.05) is 24.3 Å². The molecule has 2 nitrogen and oxygen atoms in total. The van der Waals surface area contributed by atoms with Gasteiger partial charge in [-0.3, -0.25) is 0 Å². The van der Waals surface area contributed by atoms with Gasteiger partial charge in [0, 0.05) is 5.41 Å². The quantitative estimate of drug-likeness (QED) is 0.706. The van der Waals surface area contributed by atoms with Gasteiger partial charge in [-0.25, -0.2) is 9.97 Å². The molecule has 0 saturated heterocycles. The Bertz CT molecular complexity index is 515. The normalized spacial score (nSPS) is 12.8. The SMILES string of the molecule is CPc1nc2ccccc2nc1C(C)(C)C. The van der Waals surface area contributed by atoms with Gasteiger partial charge in [0.15, 0.2) is 0 Å². The molecule has 1 aromatic heterocycles. The fourth-order valence-electron chi connectivity index (χ4n) is 1.70. The maximum absolute atomic E-state index is 4.76. The monoisotopic (exact) mass is 232 g/mol. The van der Waals surface area contributed by atoms with E-state index >= 15 is 0 Å². The second kappa shape index (κ2) is 4.10. The lowest BCUT2D eigenvalue weighted by Crippen LogP contribution is -2.24. The summed E-state index contributed by atoms with van der Waals surface area (Å²) in [6.45, 7) is 8.73. The summed E-state index contributed by atoms with van der Waals surface area (Å²) >= 11 is 0. The van der Waals surface area contributed by atoms with Crippen molar-refractivity contribution in [2.45, 2.75) is 26.2 Å². The number of hydrogen-bond acceptors (Lipinski definition) is 2. The number of nitrogens with zero attached hydrogens (tertiary/aromatic N) is 2. The highest BCUT2D eigenvalue weighted by atomic mass is 31.1. The first-order valence-corrected chi connectivity index (χ1v) is 6.97. The molecule has 2 aromatic rings. The Kier molecular flexibility index (Phi) is 2.94. The van der Waals surface area contributed by atoms with Crippen molar-refractivity contribution in [3.8, 4) is 0 Å². The molecule has 84 valence electrons. The van der Waals surface area contributed by atoms with E-state index in [1.165, 1.54) is 0 Å². The predicted molar refractivity (Wildman–Crippen MR) is 72.1 cm³/mol. The number of rotatable bonds is 1. The van der Waals surface area contributed by atoms with Gasteiger partial charge in [0.2, 0.25) is 0 Å². The maximum Gasteiger partial charge on any atom is 0.0894 e. The van der Waals surface area contributed by atoms with Crippen LogP contribution in [0.3, 0.4) is 0 Å². The second-order valence-corrected chi connectivity index (χ2v) is 5.88. The summed E-state index contributed by atoms with van der Waals surface area (Å²) in [6, 6.07) is 8.08. The van der Waals surface area contributed by atoms with Crippen LogP contribution < -0.4 is 5.44 Å². The molecular weight excluding hydrogens is 215 g/mol. The van der Waals surface area contributed by atoms with Gasteiger partial charge in [-0.15, -0.1) is 0 Å². The minimum atomic E-state index is 0.0649. The Labute approximate surface area is 98.3 Å². The molecule has 0 saturated carbocycles. The number of hydrogen-bond donors (Lipinski definition) is 0. The van der Waals surface area contributed by atoms with Crippen LogP contribution in [0.1, 0.15) is 26.5 Å². The Morgan fingerprint density at radius 3 is 2.06 bits per heavy atom. The van der Waals surface area contributed by atoms with Crippen LogP contribution in [0.4, 0.5) is 0 Å². The van der Waals surface area contributed by atoms with Crippen LogP contribution in [0.25, 0.3) is 11.0 Å². The van der Waals surface area contributed by atoms with Crippen LogP contribution in [-0.4, -0.2) is 16.6 Å². The van der Waals surface area contributed by atoms with Crippen molar-refractivity contribution in [3.63, 3.8) is 0 Å². The van der Waals surface area contributed by atoms with Crippen molar-refractivity contribution >= 4 is 25.0 Å². The first kappa shape index (κ1) is 11.5. The zero-order chi connectivity index (χ0) is 11.8. The summed E-state index contributed by atoms with van der Waals surface area (Å²) in [4.78, 5) is 9.47. The Hall–Kier alpha value is -1.01. The summed E-state index contributed by atoms with van der Waals surface area (Å²) in [5, 5.41) is 0. The van der Waals surface area contributed by atoms with E-state index < -0.39 is 0 Å². The largest absolute Gasteiger partial charge is 0.248 e. The van der Waals surface area contributed by atoms with Crippen molar-refractivity contribution in [1.29, 1.82) is 0 Å². The molecule has 0 bridgehead atoms. The van der Waals surface area contributed by atoms with Gasteiger partial charge < -0.3 is 0 Å². The molecule has 0 fully saturated rings. The Morgan fingerprint density at radius 2 is 1.56 bits per heavy atom. The predicted octanol–water partition coefficient (Wildman–Crippen LogP) is 2.86. The van der Waals surface area contributed by atoms with Gasteiger partial charge in [-0.05, 0) is 18.8 Å². The third-order valence-electron chi connectivity index (χ3n) is 2.52.